The van der Waals surface area contributed by atoms with E-state index in [1.807, 2.05) is 58.0 Å². The van der Waals surface area contributed by atoms with Crippen LogP contribution in [0.3, 0.4) is 0 Å². The van der Waals surface area contributed by atoms with Crippen LogP contribution in [0.2, 0.25) is 0 Å². The van der Waals surface area contributed by atoms with Gasteiger partial charge in [0.05, 0.1) is 22.0 Å². The number of allylic oxidation sites excluding steroid dienone is 2. The highest BCUT2D eigenvalue weighted by Crippen LogP contribution is 2.66. The standard InChI is InChI=1S/C22H19Br4NO3.C20H27NO3/c1-21(2)17(19(23)22(24,25)26)18(21)20(28)30-16(12-27)13-7-6-10-15(11-13)29-14-8-4-3-5-9-14;1-6-16(21-24-7-2)20-17(22)10-15(11-18(20)23)19-13(4)8-12(3)9-14(19)5/h3-11,16-19H,1-2H3;8-9,15,22H,6-7,10-11H2,1-5H3/b;21-16+/t16-,17-,18+,19?;/m1./s1. The Morgan fingerprint density at radius 1 is 1.00 bits per heavy atom. The first kappa shape index (κ1) is 43.7. The Hall–Kier alpha value is -2.98. The number of benzene rings is 3. The second-order valence-corrected chi connectivity index (χ2v) is 22.1. The number of aryl methyl sites for hydroxylation is 3. The Balaban J connectivity index is 0.000000247. The van der Waals surface area contributed by atoms with E-state index in [9.17, 15) is 20.0 Å². The summed E-state index contributed by atoms with van der Waals surface area (Å²) in [5.41, 5.74) is 5.96. The van der Waals surface area contributed by atoms with Gasteiger partial charge >= 0.3 is 5.97 Å². The van der Waals surface area contributed by atoms with Gasteiger partial charge in [0.15, 0.2) is 5.78 Å². The molecule has 1 fully saturated rings. The minimum Gasteiger partial charge on any atom is -0.511 e. The Morgan fingerprint density at radius 2 is 1.63 bits per heavy atom. The molecule has 288 valence electrons. The number of oxime groups is 1. The van der Waals surface area contributed by atoms with Gasteiger partial charge in [-0.3, -0.25) is 9.59 Å². The van der Waals surface area contributed by atoms with Crippen molar-refractivity contribution in [1.82, 2.24) is 0 Å². The van der Waals surface area contributed by atoms with Gasteiger partial charge in [0.25, 0.3) is 0 Å². The summed E-state index contributed by atoms with van der Waals surface area (Å²) in [6, 6.07) is 22.8. The van der Waals surface area contributed by atoms with Crippen LogP contribution in [0.25, 0.3) is 0 Å². The molecule has 0 saturated heterocycles. The fourth-order valence-electron chi connectivity index (χ4n) is 7.29. The van der Waals surface area contributed by atoms with Gasteiger partial charge in [0, 0.05) is 18.4 Å². The lowest BCUT2D eigenvalue weighted by Gasteiger charge is -2.27. The number of ether oxygens (including phenoxy) is 2. The molecule has 54 heavy (non-hydrogen) atoms. The summed E-state index contributed by atoms with van der Waals surface area (Å²) >= 11 is 14.2. The fraction of sp³-hybridized carbons (Fsp3) is 0.429. The van der Waals surface area contributed by atoms with Gasteiger partial charge in [-0.1, -0.05) is 138 Å². The Labute approximate surface area is 352 Å². The molecule has 0 radical (unpaired) electrons. The number of nitrogens with zero attached hydrogens (tertiary/aromatic N) is 2. The number of nitriles is 1. The molecule has 0 heterocycles. The second kappa shape index (κ2) is 18.8. The predicted molar refractivity (Wildman–Crippen MR) is 227 cm³/mol. The first-order chi connectivity index (χ1) is 25.4. The van der Waals surface area contributed by atoms with Crippen molar-refractivity contribution in [1.29, 1.82) is 5.26 Å². The number of rotatable bonds is 11. The third kappa shape index (κ3) is 10.7. The zero-order valence-electron chi connectivity index (χ0n) is 31.5. The number of hydrogen-bond donors (Lipinski definition) is 1. The van der Waals surface area contributed by atoms with E-state index in [1.54, 1.807) is 24.3 Å². The third-order valence-electron chi connectivity index (χ3n) is 9.80. The summed E-state index contributed by atoms with van der Waals surface area (Å²) in [5.74, 6) is 0.680. The minimum atomic E-state index is -1.01. The van der Waals surface area contributed by atoms with E-state index in [2.05, 4.69) is 108 Å². The van der Waals surface area contributed by atoms with Crippen LogP contribution in [0.4, 0.5) is 0 Å². The molecule has 0 amide bonds. The number of esters is 1. The number of alkyl halides is 4. The molecule has 2 aliphatic rings. The fourth-order valence-corrected chi connectivity index (χ4v) is 9.13. The smallest absolute Gasteiger partial charge is 0.311 e. The maximum atomic E-state index is 12.9. The maximum absolute atomic E-state index is 12.9. The van der Waals surface area contributed by atoms with E-state index in [1.165, 1.54) is 22.3 Å². The number of para-hydroxylation sites is 1. The van der Waals surface area contributed by atoms with E-state index < -0.39 is 8.25 Å². The predicted octanol–water partition coefficient (Wildman–Crippen LogP) is 12.1. The van der Waals surface area contributed by atoms with Crippen LogP contribution in [0.15, 0.2) is 83.2 Å². The van der Waals surface area contributed by atoms with Crippen molar-refractivity contribution >= 4 is 81.2 Å². The topological polar surface area (TPSA) is 118 Å². The van der Waals surface area contributed by atoms with Crippen molar-refractivity contribution in [2.45, 2.75) is 86.7 Å². The van der Waals surface area contributed by atoms with Gasteiger partial charge in [-0.2, -0.15) is 5.26 Å². The lowest BCUT2D eigenvalue weighted by Crippen LogP contribution is -2.24. The number of aliphatic hydroxyl groups is 1. The SMILES string of the molecule is CC1(C)[C@H](C(=O)O[C@H](C#N)c2cccc(Oc3ccccc3)c2)[C@@H]1C(Br)C(Br)(Br)Br.CCO/N=C(\CC)C1=C(O)CC(c2c(C)cc(C)cc2C)CC1=O. The number of ketones is 1. The van der Waals surface area contributed by atoms with Gasteiger partial charge in [-0.05, 0) is 92.3 Å². The van der Waals surface area contributed by atoms with Crippen molar-refractivity contribution in [2.75, 3.05) is 6.61 Å². The summed E-state index contributed by atoms with van der Waals surface area (Å²) in [5, 5.41) is 24.2. The zero-order chi connectivity index (χ0) is 40.0. The van der Waals surface area contributed by atoms with Gasteiger partial charge in [-0.15, -0.1) is 0 Å². The number of carbonyl (C=O) groups is 2. The highest BCUT2D eigenvalue weighted by molar-refractivity contribution is 9.40. The highest BCUT2D eigenvalue weighted by Gasteiger charge is 2.67. The van der Waals surface area contributed by atoms with Crippen molar-refractivity contribution in [3.63, 3.8) is 0 Å². The average Bonchev–Trinajstić information content (AvgIpc) is 3.68. The normalized spacial score (nSPS) is 20.5. The Bertz CT molecular complexity index is 1910. The number of halogens is 4. The minimum absolute atomic E-state index is 0.0204. The molecule has 12 heteroatoms. The average molecular weight is 994 g/mol. The molecule has 3 aromatic rings. The van der Waals surface area contributed by atoms with E-state index in [0.29, 0.717) is 54.2 Å². The summed E-state index contributed by atoms with van der Waals surface area (Å²) in [6.45, 7) is 14.4. The molecular formula is C42H46Br4N2O6. The molecule has 0 aromatic heterocycles. The summed E-state index contributed by atoms with van der Waals surface area (Å²) < 4.78 is 10.9. The number of aliphatic hydroxyl groups excluding tert-OH is 1. The number of Topliss-reactive ketones (excluding diaryl/α,β-unsaturated/α-hetero) is 1. The molecule has 5 rings (SSSR count). The number of carbonyl (C=O) groups excluding carboxylic acids is 2. The molecule has 0 bridgehead atoms. The van der Waals surface area contributed by atoms with Crippen molar-refractivity contribution in [3.05, 3.63) is 106 Å². The van der Waals surface area contributed by atoms with E-state index in [0.717, 1.165) is 0 Å². The van der Waals surface area contributed by atoms with Crippen molar-refractivity contribution in [2.24, 2.45) is 22.4 Å². The molecule has 1 N–H and O–H groups in total. The molecule has 5 atom stereocenters. The zero-order valence-corrected chi connectivity index (χ0v) is 37.8. The molecular weight excluding hydrogens is 948 g/mol. The van der Waals surface area contributed by atoms with Crippen LogP contribution >= 0.6 is 63.7 Å². The summed E-state index contributed by atoms with van der Waals surface area (Å²) in [4.78, 5) is 30.6. The van der Waals surface area contributed by atoms with Crippen LogP contribution in [-0.4, -0.2) is 36.1 Å². The summed E-state index contributed by atoms with van der Waals surface area (Å²) in [6.07, 6.45) is 0.411. The maximum Gasteiger partial charge on any atom is 0.311 e. The van der Waals surface area contributed by atoms with Crippen LogP contribution < -0.4 is 4.74 Å². The summed E-state index contributed by atoms with van der Waals surface area (Å²) in [7, 11) is 0. The lowest BCUT2D eigenvalue weighted by molar-refractivity contribution is -0.149. The van der Waals surface area contributed by atoms with Crippen LogP contribution in [0.1, 0.15) is 86.8 Å². The first-order valence-corrected chi connectivity index (χ1v) is 21.1. The van der Waals surface area contributed by atoms with Crippen molar-refractivity contribution < 1.29 is 29.0 Å². The van der Waals surface area contributed by atoms with Gasteiger partial charge in [0.1, 0.15) is 32.1 Å². The lowest BCUT2D eigenvalue weighted by atomic mass is 9.78. The molecule has 2 aliphatic carbocycles. The Morgan fingerprint density at radius 3 is 2.19 bits per heavy atom. The third-order valence-corrected chi connectivity index (χ3v) is 14.4. The molecule has 2 unspecified atom stereocenters. The molecule has 1 saturated carbocycles. The monoisotopic (exact) mass is 990 g/mol. The van der Waals surface area contributed by atoms with Crippen LogP contribution in [-0.2, 0) is 19.2 Å². The van der Waals surface area contributed by atoms with E-state index in [-0.39, 0.29) is 45.5 Å². The molecule has 3 aromatic carbocycles. The Kier molecular flexibility index (Phi) is 15.2. The number of hydrogen-bond acceptors (Lipinski definition) is 8. The largest absolute Gasteiger partial charge is 0.511 e. The molecule has 0 aliphatic heterocycles. The molecule has 8 nitrogen and oxygen atoms in total. The van der Waals surface area contributed by atoms with Gasteiger partial charge in [0.2, 0.25) is 6.10 Å². The first-order valence-electron chi connectivity index (χ1n) is 17.8. The quantitative estimate of drug-likeness (QED) is 0.0880. The van der Waals surface area contributed by atoms with Crippen molar-refractivity contribution in [3.8, 4) is 17.6 Å². The van der Waals surface area contributed by atoms with E-state index in [4.69, 9.17) is 14.3 Å². The van der Waals surface area contributed by atoms with Gasteiger partial charge < -0.3 is 19.4 Å². The molecule has 0 spiro atoms. The van der Waals surface area contributed by atoms with E-state index >= 15 is 0 Å². The van der Waals surface area contributed by atoms with Gasteiger partial charge in [-0.25, -0.2) is 0 Å². The highest BCUT2D eigenvalue weighted by atomic mass is 80.0. The van der Waals surface area contributed by atoms with Crippen LogP contribution in [0, 0.1) is 49.4 Å². The second-order valence-electron chi connectivity index (χ2n) is 14.2. The van der Waals surface area contributed by atoms with Crippen LogP contribution in [0.5, 0.6) is 11.5 Å².